The SMILES string of the molecule is CC#Cc1cc(C(C)(C)C)sc1[N+](=O)[O-].Cn1c([N+](=O)[O-])nc(Br)c1C(C)(C)C. The van der Waals surface area contributed by atoms with Crippen LogP contribution < -0.4 is 0 Å². The van der Waals surface area contributed by atoms with Crippen molar-refractivity contribution in [1.82, 2.24) is 9.55 Å². The van der Waals surface area contributed by atoms with Crippen LogP contribution in [0.5, 0.6) is 0 Å². The molecule has 2 rings (SSSR count). The summed E-state index contributed by atoms with van der Waals surface area (Å²) in [6.45, 7) is 13.7. The fraction of sp³-hybridized carbons (Fsp3) is 0.526. The second-order valence-corrected chi connectivity index (χ2v) is 10.1. The standard InChI is InChI=1S/C11H13NO2S.C8H12BrN3O2/c1-5-6-8-7-9(11(2,3)4)15-10(8)12(13)14;1-8(2,3)5-6(9)10-7(11(5)4)12(13)14/h7H,1-4H3;1-4H3. The first-order chi connectivity index (χ1) is 13.1. The van der Waals surface area contributed by atoms with E-state index < -0.39 is 4.92 Å². The molecule has 0 radical (unpaired) electrons. The number of rotatable bonds is 2. The van der Waals surface area contributed by atoms with Crippen molar-refractivity contribution in [1.29, 1.82) is 0 Å². The molecule has 0 atom stereocenters. The number of hydrogen-bond acceptors (Lipinski definition) is 6. The molecule has 0 spiro atoms. The molecule has 0 bridgehead atoms. The maximum absolute atomic E-state index is 10.8. The predicted molar refractivity (Wildman–Crippen MR) is 118 cm³/mol. The Hall–Kier alpha value is -2.25. The highest BCUT2D eigenvalue weighted by Crippen LogP contribution is 2.36. The number of thiophene rings is 1. The summed E-state index contributed by atoms with van der Waals surface area (Å²) in [5, 5.41) is 21.5. The average Bonchev–Trinajstić information content (AvgIpc) is 3.08. The van der Waals surface area contributed by atoms with Crippen molar-refractivity contribution >= 4 is 38.2 Å². The van der Waals surface area contributed by atoms with Gasteiger partial charge in [0.05, 0.1) is 12.0 Å². The Balaban J connectivity index is 0.000000291. The molecule has 8 nitrogen and oxygen atoms in total. The van der Waals surface area contributed by atoms with Gasteiger partial charge in [-0.05, 0) is 39.3 Å². The van der Waals surface area contributed by atoms with Crippen LogP contribution in [-0.2, 0) is 17.9 Å². The first-order valence-corrected chi connectivity index (χ1v) is 10.3. The fourth-order valence-corrected chi connectivity index (χ4v) is 4.55. The highest BCUT2D eigenvalue weighted by molar-refractivity contribution is 9.10. The van der Waals surface area contributed by atoms with Crippen molar-refractivity contribution in [2.24, 2.45) is 7.05 Å². The van der Waals surface area contributed by atoms with Gasteiger partial charge in [0.15, 0.2) is 0 Å². The Kier molecular flexibility index (Phi) is 7.73. The van der Waals surface area contributed by atoms with Crippen LogP contribution in [-0.4, -0.2) is 19.4 Å². The number of nitro groups is 2. The van der Waals surface area contributed by atoms with Gasteiger partial charge in [0.25, 0.3) is 0 Å². The minimum absolute atomic E-state index is 0.0664. The maximum Gasteiger partial charge on any atom is 0.435 e. The molecule has 2 aromatic heterocycles. The topological polar surface area (TPSA) is 104 Å². The molecule has 0 unspecified atom stereocenters. The van der Waals surface area contributed by atoms with Crippen molar-refractivity contribution in [2.45, 2.75) is 59.3 Å². The zero-order valence-electron chi connectivity index (χ0n) is 17.8. The molecular formula is C19H25BrN4O4S. The zero-order chi connectivity index (χ0) is 22.7. The van der Waals surface area contributed by atoms with Crippen molar-refractivity contribution in [3.8, 4) is 11.8 Å². The molecule has 0 N–H and O–H groups in total. The summed E-state index contributed by atoms with van der Waals surface area (Å²) < 4.78 is 2.04. The summed E-state index contributed by atoms with van der Waals surface area (Å²) in [5.41, 5.74) is 1.11. The normalized spacial score (nSPS) is 11.2. The van der Waals surface area contributed by atoms with E-state index in [0.29, 0.717) is 10.2 Å². The van der Waals surface area contributed by atoms with E-state index in [1.807, 2.05) is 47.6 Å². The quantitative estimate of drug-likeness (QED) is 0.308. The van der Waals surface area contributed by atoms with E-state index in [2.05, 4.69) is 32.8 Å². The van der Waals surface area contributed by atoms with Crippen LogP contribution in [0.4, 0.5) is 10.9 Å². The Morgan fingerprint density at radius 1 is 1.10 bits per heavy atom. The lowest BCUT2D eigenvalue weighted by molar-refractivity contribution is -0.396. The van der Waals surface area contributed by atoms with Gasteiger partial charge in [-0.2, -0.15) is 0 Å². The van der Waals surface area contributed by atoms with Crippen molar-refractivity contribution in [3.63, 3.8) is 0 Å². The maximum atomic E-state index is 10.8. The molecule has 0 aliphatic heterocycles. The van der Waals surface area contributed by atoms with Gasteiger partial charge in [0.1, 0.15) is 11.3 Å². The van der Waals surface area contributed by atoms with Crippen LogP contribution in [0, 0.1) is 32.1 Å². The van der Waals surface area contributed by atoms with E-state index in [9.17, 15) is 20.2 Å². The highest BCUT2D eigenvalue weighted by Gasteiger charge is 2.31. The second-order valence-electron chi connectivity index (χ2n) is 8.33. The summed E-state index contributed by atoms with van der Waals surface area (Å²) in [6.07, 6.45) is 0. The minimum Gasteiger partial charge on any atom is -0.390 e. The van der Waals surface area contributed by atoms with Crippen molar-refractivity contribution in [3.05, 3.63) is 47.0 Å². The lowest BCUT2D eigenvalue weighted by Crippen LogP contribution is -2.17. The molecule has 0 saturated carbocycles. The molecule has 2 aromatic rings. The summed E-state index contributed by atoms with van der Waals surface area (Å²) in [5.74, 6) is 5.33. The van der Waals surface area contributed by atoms with Crippen LogP contribution in [0.25, 0.3) is 0 Å². The number of nitrogens with zero attached hydrogens (tertiary/aromatic N) is 4. The third-order valence-corrected chi connectivity index (χ3v) is 5.85. The summed E-state index contributed by atoms with van der Waals surface area (Å²) in [4.78, 5) is 25.4. The van der Waals surface area contributed by atoms with E-state index in [0.717, 1.165) is 10.6 Å². The average molecular weight is 485 g/mol. The van der Waals surface area contributed by atoms with E-state index in [-0.39, 0.29) is 26.7 Å². The molecule has 0 aliphatic rings. The van der Waals surface area contributed by atoms with E-state index in [1.54, 1.807) is 14.0 Å². The minimum atomic E-state index is -0.486. The molecule has 0 aliphatic carbocycles. The number of imidazole rings is 1. The zero-order valence-corrected chi connectivity index (χ0v) is 20.2. The molecule has 0 fully saturated rings. The molecule has 10 heteroatoms. The highest BCUT2D eigenvalue weighted by atomic mass is 79.9. The summed E-state index contributed by atoms with van der Waals surface area (Å²) >= 11 is 4.45. The van der Waals surface area contributed by atoms with E-state index >= 15 is 0 Å². The first kappa shape index (κ1) is 24.8. The van der Waals surface area contributed by atoms with Crippen molar-refractivity contribution < 1.29 is 9.85 Å². The van der Waals surface area contributed by atoms with Crippen LogP contribution in [0.15, 0.2) is 10.7 Å². The monoisotopic (exact) mass is 484 g/mol. The van der Waals surface area contributed by atoms with Gasteiger partial charge >= 0.3 is 10.9 Å². The third kappa shape index (κ3) is 6.11. The van der Waals surface area contributed by atoms with Gasteiger partial charge in [-0.15, -0.1) is 5.92 Å². The molecule has 0 aromatic carbocycles. The van der Waals surface area contributed by atoms with Gasteiger partial charge in [-0.25, -0.2) is 4.57 Å². The van der Waals surface area contributed by atoms with Gasteiger partial charge in [-0.1, -0.05) is 63.8 Å². The largest absolute Gasteiger partial charge is 0.435 e. The van der Waals surface area contributed by atoms with E-state index in [1.165, 1.54) is 15.9 Å². The summed E-state index contributed by atoms with van der Waals surface area (Å²) in [7, 11) is 1.65. The Morgan fingerprint density at radius 3 is 1.97 bits per heavy atom. The molecule has 29 heavy (non-hydrogen) atoms. The lowest BCUT2D eigenvalue weighted by Gasteiger charge is -2.15. The lowest BCUT2D eigenvalue weighted by atomic mass is 9.93. The van der Waals surface area contributed by atoms with Gasteiger partial charge in [0.2, 0.25) is 4.60 Å². The number of hydrogen-bond donors (Lipinski definition) is 0. The van der Waals surface area contributed by atoms with Gasteiger partial charge in [0, 0.05) is 10.3 Å². The number of halogens is 1. The Morgan fingerprint density at radius 2 is 1.66 bits per heavy atom. The van der Waals surface area contributed by atoms with E-state index in [4.69, 9.17) is 0 Å². The van der Waals surface area contributed by atoms with Crippen LogP contribution in [0.2, 0.25) is 0 Å². The molecule has 0 amide bonds. The molecular weight excluding hydrogens is 460 g/mol. The number of aromatic nitrogens is 2. The Labute approximate surface area is 182 Å². The van der Waals surface area contributed by atoms with Crippen LogP contribution >= 0.6 is 27.3 Å². The fourth-order valence-electron chi connectivity index (χ4n) is 2.54. The van der Waals surface area contributed by atoms with Gasteiger partial charge < -0.3 is 10.1 Å². The molecule has 2 heterocycles. The third-order valence-electron chi connectivity index (χ3n) is 3.78. The smallest absolute Gasteiger partial charge is 0.390 e. The first-order valence-electron chi connectivity index (χ1n) is 8.69. The van der Waals surface area contributed by atoms with Crippen LogP contribution in [0.3, 0.4) is 0 Å². The molecule has 158 valence electrons. The van der Waals surface area contributed by atoms with Gasteiger partial charge in [-0.3, -0.25) is 10.1 Å². The molecule has 0 saturated heterocycles. The second kappa shape index (κ2) is 9.05. The Bertz CT molecular complexity index is 985. The predicted octanol–water partition coefficient (Wildman–Crippen LogP) is 5.71. The summed E-state index contributed by atoms with van der Waals surface area (Å²) in [6, 6.07) is 1.82. The van der Waals surface area contributed by atoms with Crippen LogP contribution in [0.1, 0.15) is 64.6 Å². The van der Waals surface area contributed by atoms with Crippen molar-refractivity contribution in [2.75, 3.05) is 0 Å².